The zero-order valence-corrected chi connectivity index (χ0v) is 19.3. The van der Waals surface area contributed by atoms with Crippen molar-refractivity contribution in [3.8, 4) is 0 Å². The van der Waals surface area contributed by atoms with Gasteiger partial charge in [-0.05, 0) is 71.5 Å². The zero-order chi connectivity index (χ0) is 22.7. The van der Waals surface area contributed by atoms with Gasteiger partial charge in [-0.1, -0.05) is 24.3 Å². The minimum atomic E-state index is -0.624. The van der Waals surface area contributed by atoms with Crippen molar-refractivity contribution in [1.82, 2.24) is 10.2 Å². The van der Waals surface area contributed by atoms with Crippen LogP contribution in [0.3, 0.4) is 0 Å². The Hall–Kier alpha value is -1.47. The van der Waals surface area contributed by atoms with Gasteiger partial charge in [0.1, 0.15) is 5.60 Å². The van der Waals surface area contributed by atoms with E-state index in [2.05, 4.69) is 30.1 Å². The van der Waals surface area contributed by atoms with Gasteiger partial charge in [-0.25, -0.2) is 0 Å². The molecular weight excluding hydrogens is 380 g/mol. The molecule has 6 heteroatoms. The number of nitrogens with zero attached hydrogens (tertiary/aromatic N) is 1. The predicted molar refractivity (Wildman–Crippen MR) is 124 cm³/mol. The fourth-order valence-electron chi connectivity index (χ4n) is 3.08. The van der Waals surface area contributed by atoms with Gasteiger partial charge in [0, 0.05) is 19.6 Å². The minimum absolute atomic E-state index is 0.0912. The van der Waals surface area contributed by atoms with Crippen LogP contribution in [0.1, 0.15) is 52.9 Å². The highest BCUT2D eigenvalue weighted by Crippen LogP contribution is 2.17. The highest BCUT2D eigenvalue weighted by atomic mass is 16.6. The Kier molecular flexibility index (Phi) is 17.4. The van der Waals surface area contributed by atoms with Gasteiger partial charge in [-0.2, -0.15) is 0 Å². The van der Waals surface area contributed by atoms with Crippen LogP contribution < -0.4 is 5.32 Å². The van der Waals surface area contributed by atoms with Gasteiger partial charge in [-0.3, -0.25) is 9.69 Å². The van der Waals surface area contributed by atoms with E-state index in [-0.39, 0.29) is 19.2 Å². The second kappa shape index (κ2) is 18.3. The third-order valence-electron chi connectivity index (χ3n) is 4.77. The average Bonchev–Trinajstić information content (AvgIpc) is 2.69. The van der Waals surface area contributed by atoms with Gasteiger partial charge in [0.2, 0.25) is 0 Å². The van der Waals surface area contributed by atoms with Crippen molar-refractivity contribution < 1.29 is 19.7 Å². The molecule has 0 aliphatic rings. The standard InChI is InChI=1S/C24H44N2O4/c1-5-7-8-11-22(6-2)12-9-14-24(3,4)30-23(29)13-16-25-15-10-17-26(18-20-27)19-21-28/h5-7,9,14,22,25,27-28H,2,8,10-13,15-21H2,1,3-4H3. The van der Waals surface area contributed by atoms with Gasteiger partial charge in [0.25, 0.3) is 0 Å². The van der Waals surface area contributed by atoms with Gasteiger partial charge in [0.05, 0.1) is 19.6 Å². The summed E-state index contributed by atoms with van der Waals surface area (Å²) in [5, 5.41) is 21.2. The number of aliphatic hydroxyl groups is 2. The third-order valence-corrected chi connectivity index (χ3v) is 4.77. The van der Waals surface area contributed by atoms with E-state index in [9.17, 15) is 4.79 Å². The second-order valence-corrected chi connectivity index (χ2v) is 8.00. The molecule has 174 valence electrons. The van der Waals surface area contributed by atoms with Crippen LogP contribution in [0.4, 0.5) is 0 Å². The molecule has 0 spiro atoms. The van der Waals surface area contributed by atoms with Gasteiger partial charge < -0.3 is 20.3 Å². The molecule has 1 atom stereocenters. The lowest BCUT2D eigenvalue weighted by atomic mass is 9.98. The fraction of sp³-hybridized carbons (Fsp3) is 0.708. The maximum Gasteiger partial charge on any atom is 0.307 e. The van der Waals surface area contributed by atoms with E-state index in [1.54, 1.807) is 0 Å². The predicted octanol–water partition coefficient (Wildman–Crippen LogP) is 3.07. The van der Waals surface area contributed by atoms with Crippen LogP contribution in [0.5, 0.6) is 0 Å². The molecule has 0 radical (unpaired) electrons. The molecule has 0 fully saturated rings. The summed E-state index contributed by atoms with van der Waals surface area (Å²) in [6.07, 6.45) is 14.5. The average molecular weight is 425 g/mol. The van der Waals surface area contributed by atoms with Gasteiger partial charge in [0.15, 0.2) is 0 Å². The number of nitrogens with one attached hydrogen (secondary N) is 1. The topological polar surface area (TPSA) is 82.0 Å². The molecule has 0 heterocycles. The molecule has 0 aliphatic carbocycles. The van der Waals surface area contributed by atoms with Crippen molar-refractivity contribution in [2.24, 2.45) is 5.92 Å². The number of carbonyl (C=O) groups is 1. The largest absolute Gasteiger partial charge is 0.455 e. The molecule has 0 aromatic rings. The van der Waals surface area contributed by atoms with Crippen LogP contribution >= 0.6 is 0 Å². The number of carbonyl (C=O) groups excluding carboxylic acids is 1. The van der Waals surface area contributed by atoms with Crippen molar-refractivity contribution >= 4 is 5.97 Å². The Labute approximate surface area is 183 Å². The van der Waals surface area contributed by atoms with Crippen molar-refractivity contribution in [2.75, 3.05) is 45.9 Å². The number of rotatable bonds is 19. The van der Waals surface area contributed by atoms with E-state index < -0.39 is 5.60 Å². The first kappa shape index (κ1) is 28.5. The van der Waals surface area contributed by atoms with E-state index in [1.807, 2.05) is 37.8 Å². The summed E-state index contributed by atoms with van der Waals surface area (Å²) in [4.78, 5) is 14.1. The smallest absolute Gasteiger partial charge is 0.307 e. The Morgan fingerprint density at radius 2 is 1.87 bits per heavy atom. The van der Waals surface area contributed by atoms with Crippen LogP contribution in [-0.2, 0) is 9.53 Å². The van der Waals surface area contributed by atoms with E-state index in [0.717, 1.165) is 38.8 Å². The molecule has 0 aliphatic heterocycles. The van der Waals surface area contributed by atoms with Gasteiger partial charge in [-0.15, -0.1) is 6.58 Å². The Morgan fingerprint density at radius 3 is 2.47 bits per heavy atom. The number of allylic oxidation sites excluding steroid dienone is 4. The maximum atomic E-state index is 12.1. The molecule has 30 heavy (non-hydrogen) atoms. The zero-order valence-electron chi connectivity index (χ0n) is 19.3. The summed E-state index contributed by atoms with van der Waals surface area (Å²) in [5.41, 5.74) is -0.624. The van der Waals surface area contributed by atoms with E-state index in [1.165, 1.54) is 0 Å². The summed E-state index contributed by atoms with van der Waals surface area (Å²) in [6, 6.07) is 0. The van der Waals surface area contributed by atoms with Crippen LogP contribution in [0.15, 0.2) is 37.0 Å². The molecule has 3 N–H and O–H groups in total. The van der Waals surface area contributed by atoms with Gasteiger partial charge >= 0.3 is 5.97 Å². The third kappa shape index (κ3) is 16.3. The number of aliphatic hydroxyl groups excluding tert-OH is 2. The number of hydrogen-bond acceptors (Lipinski definition) is 6. The summed E-state index contributed by atoms with van der Waals surface area (Å²) in [6.45, 7) is 13.2. The van der Waals surface area contributed by atoms with Crippen LogP contribution in [0.2, 0.25) is 0 Å². The Balaban J connectivity index is 4.05. The lowest BCUT2D eigenvalue weighted by Crippen LogP contribution is -2.33. The van der Waals surface area contributed by atoms with E-state index >= 15 is 0 Å². The fourth-order valence-corrected chi connectivity index (χ4v) is 3.08. The van der Waals surface area contributed by atoms with E-state index in [0.29, 0.717) is 32.0 Å². The maximum absolute atomic E-state index is 12.1. The lowest BCUT2D eigenvalue weighted by Gasteiger charge is -2.22. The Morgan fingerprint density at radius 1 is 1.17 bits per heavy atom. The molecule has 0 aromatic carbocycles. The number of esters is 1. The first-order chi connectivity index (χ1) is 14.4. The molecule has 0 saturated carbocycles. The minimum Gasteiger partial charge on any atom is -0.455 e. The summed E-state index contributed by atoms with van der Waals surface area (Å²) in [5.74, 6) is 0.214. The van der Waals surface area contributed by atoms with Crippen molar-refractivity contribution in [3.63, 3.8) is 0 Å². The lowest BCUT2D eigenvalue weighted by molar-refractivity contribution is -0.152. The van der Waals surface area contributed by atoms with Crippen LogP contribution in [0, 0.1) is 5.92 Å². The summed E-state index contributed by atoms with van der Waals surface area (Å²) >= 11 is 0. The monoisotopic (exact) mass is 424 g/mol. The van der Waals surface area contributed by atoms with Crippen LogP contribution in [-0.4, -0.2) is 72.6 Å². The van der Waals surface area contributed by atoms with Crippen LogP contribution in [0.25, 0.3) is 0 Å². The molecule has 0 rings (SSSR count). The Bertz CT molecular complexity index is 497. The summed E-state index contributed by atoms with van der Waals surface area (Å²) < 4.78 is 5.59. The number of hydrogen-bond donors (Lipinski definition) is 3. The SMILES string of the molecule is C=CC(CC=CC(C)(C)OC(=O)CCNCCCN(CCO)CCO)CCC=CC. The highest BCUT2D eigenvalue weighted by molar-refractivity contribution is 5.70. The van der Waals surface area contributed by atoms with Crippen molar-refractivity contribution in [1.29, 1.82) is 0 Å². The van der Waals surface area contributed by atoms with Crippen molar-refractivity contribution in [3.05, 3.63) is 37.0 Å². The summed E-state index contributed by atoms with van der Waals surface area (Å²) in [7, 11) is 0. The first-order valence-corrected chi connectivity index (χ1v) is 11.2. The first-order valence-electron chi connectivity index (χ1n) is 11.2. The van der Waals surface area contributed by atoms with Crippen molar-refractivity contribution in [2.45, 2.75) is 58.5 Å². The molecule has 1 unspecified atom stereocenters. The second-order valence-electron chi connectivity index (χ2n) is 8.00. The molecule has 0 aromatic heterocycles. The normalized spacial score (nSPS) is 13.4. The molecule has 0 bridgehead atoms. The molecule has 6 nitrogen and oxygen atoms in total. The quantitative estimate of drug-likeness (QED) is 0.168. The molecular formula is C24H44N2O4. The van der Waals surface area contributed by atoms with E-state index in [4.69, 9.17) is 14.9 Å². The molecule has 0 amide bonds. The highest BCUT2D eigenvalue weighted by Gasteiger charge is 2.19. The molecule has 0 saturated heterocycles. The number of ether oxygens (including phenoxy) is 1.